The number of hydrogen-bond acceptors (Lipinski definition) is 5. The second-order valence-corrected chi connectivity index (χ2v) is 10.9. The topological polar surface area (TPSA) is 105 Å². The summed E-state index contributed by atoms with van der Waals surface area (Å²) in [6.45, 7) is 1.45. The third kappa shape index (κ3) is 4.91. The van der Waals surface area contributed by atoms with Crippen molar-refractivity contribution in [1.82, 2.24) is 24.9 Å². The second kappa shape index (κ2) is 9.60. The van der Waals surface area contributed by atoms with Gasteiger partial charge in [-0.3, -0.25) is 18.8 Å². The Hall–Kier alpha value is -2.94. The number of methoxy groups -OCH3 is 1. The number of rotatable bonds is 9. The van der Waals surface area contributed by atoms with Crippen molar-refractivity contribution in [2.24, 2.45) is 23.2 Å². The number of likely N-dealkylation sites (N-methyl/N-ethyl adjacent to an activating group) is 1. The van der Waals surface area contributed by atoms with Crippen molar-refractivity contribution in [2.45, 2.75) is 38.5 Å². The third-order valence-electron chi connectivity index (χ3n) is 8.20. The zero-order chi connectivity index (χ0) is 24.6. The van der Waals surface area contributed by atoms with Gasteiger partial charge in [-0.2, -0.15) is 0 Å². The molecule has 0 radical (unpaired) electrons. The summed E-state index contributed by atoms with van der Waals surface area (Å²) in [6.07, 6.45) is 9.39. The van der Waals surface area contributed by atoms with E-state index in [1.165, 1.54) is 43.4 Å². The lowest BCUT2D eigenvalue weighted by atomic mass is 9.49. The normalized spacial score (nSPS) is 26.6. The van der Waals surface area contributed by atoms with E-state index >= 15 is 0 Å². The largest absolute Gasteiger partial charge is 0.383 e. The molecule has 188 valence electrons. The lowest BCUT2D eigenvalue weighted by Crippen LogP contribution is -2.51. The fourth-order valence-electron chi connectivity index (χ4n) is 6.90. The molecule has 2 N–H and O–H groups in total. The highest BCUT2D eigenvalue weighted by atomic mass is 16.5. The fraction of sp³-hybridized carbons (Fsp3) is 0.615. The van der Waals surface area contributed by atoms with Crippen molar-refractivity contribution in [3.05, 3.63) is 35.8 Å². The smallest absolute Gasteiger partial charge is 0.271 e. The molecule has 0 saturated heterocycles. The lowest BCUT2D eigenvalue weighted by Gasteiger charge is -2.56. The molecule has 9 nitrogen and oxygen atoms in total. The Morgan fingerprint density at radius 1 is 1.09 bits per heavy atom. The van der Waals surface area contributed by atoms with E-state index in [0.717, 1.165) is 17.8 Å². The van der Waals surface area contributed by atoms with Crippen LogP contribution in [0.1, 0.15) is 59.5 Å². The van der Waals surface area contributed by atoms with E-state index in [9.17, 15) is 14.4 Å². The van der Waals surface area contributed by atoms with Gasteiger partial charge in [0.1, 0.15) is 17.0 Å². The molecule has 3 amide bonds. The first-order chi connectivity index (χ1) is 16.9. The van der Waals surface area contributed by atoms with Gasteiger partial charge in [-0.25, -0.2) is 4.98 Å². The van der Waals surface area contributed by atoms with Crippen LogP contribution in [0.25, 0.3) is 5.65 Å². The Morgan fingerprint density at radius 3 is 2.43 bits per heavy atom. The summed E-state index contributed by atoms with van der Waals surface area (Å²) in [5.74, 6) is 1.69. The van der Waals surface area contributed by atoms with Crippen LogP contribution in [0.2, 0.25) is 0 Å². The predicted molar refractivity (Wildman–Crippen MR) is 130 cm³/mol. The van der Waals surface area contributed by atoms with Gasteiger partial charge in [0.25, 0.3) is 11.8 Å². The van der Waals surface area contributed by atoms with Gasteiger partial charge in [0.05, 0.1) is 13.2 Å². The first-order valence-corrected chi connectivity index (χ1v) is 12.6. The molecule has 9 heteroatoms. The average Bonchev–Trinajstić information content (AvgIpc) is 3.28. The number of fused-ring (bicyclic) bond motifs is 1. The summed E-state index contributed by atoms with van der Waals surface area (Å²) >= 11 is 0. The third-order valence-corrected chi connectivity index (χ3v) is 8.20. The molecule has 0 unspecified atom stereocenters. The predicted octanol–water partition coefficient (Wildman–Crippen LogP) is 2.12. The summed E-state index contributed by atoms with van der Waals surface area (Å²) < 4.78 is 6.62. The van der Waals surface area contributed by atoms with Crippen LogP contribution in [0.3, 0.4) is 0 Å². The van der Waals surface area contributed by atoms with Crippen molar-refractivity contribution >= 4 is 23.4 Å². The quantitative estimate of drug-likeness (QED) is 0.571. The molecule has 6 rings (SSSR count). The maximum Gasteiger partial charge on any atom is 0.271 e. The number of carbonyl (C=O) groups is 3. The molecular weight excluding hydrogens is 446 g/mol. The van der Waals surface area contributed by atoms with Crippen molar-refractivity contribution in [2.75, 3.05) is 40.4 Å². The van der Waals surface area contributed by atoms with E-state index in [2.05, 4.69) is 15.6 Å². The molecule has 4 saturated carbocycles. The Morgan fingerprint density at radius 2 is 1.77 bits per heavy atom. The van der Waals surface area contributed by atoms with Gasteiger partial charge >= 0.3 is 0 Å². The highest BCUT2D eigenvalue weighted by Gasteiger charge is 2.50. The van der Waals surface area contributed by atoms with Crippen LogP contribution in [0.15, 0.2) is 24.4 Å². The zero-order valence-corrected chi connectivity index (χ0v) is 20.6. The van der Waals surface area contributed by atoms with Crippen LogP contribution in [0, 0.1) is 23.2 Å². The molecule has 0 aliphatic heterocycles. The van der Waals surface area contributed by atoms with Crippen LogP contribution in [0.4, 0.5) is 0 Å². The lowest BCUT2D eigenvalue weighted by molar-refractivity contribution is -0.129. The van der Waals surface area contributed by atoms with Gasteiger partial charge in [0, 0.05) is 33.4 Å². The van der Waals surface area contributed by atoms with E-state index < -0.39 is 5.91 Å². The van der Waals surface area contributed by atoms with Crippen LogP contribution < -0.4 is 10.6 Å². The summed E-state index contributed by atoms with van der Waals surface area (Å²) in [5, 5.41) is 5.83. The van der Waals surface area contributed by atoms with Crippen LogP contribution >= 0.6 is 0 Å². The molecule has 2 heterocycles. The number of carbonyl (C=O) groups excluding carboxylic acids is 3. The van der Waals surface area contributed by atoms with E-state index in [1.54, 1.807) is 43.0 Å². The van der Waals surface area contributed by atoms with Gasteiger partial charge < -0.3 is 20.3 Å². The van der Waals surface area contributed by atoms with Gasteiger partial charge in [-0.05, 0) is 73.8 Å². The molecule has 4 fully saturated rings. The second-order valence-electron chi connectivity index (χ2n) is 10.9. The van der Waals surface area contributed by atoms with E-state index in [4.69, 9.17) is 4.74 Å². The van der Waals surface area contributed by atoms with Crippen LogP contribution in [0.5, 0.6) is 0 Å². The first kappa shape index (κ1) is 23.8. The number of ether oxygens (including phenoxy) is 1. The van der Waals surface area contributed by atoms with Gasteiger partial charge in [-0.15, -0.1) is 0 Å². The molecule has 4 bridgehead atoms. The molecule has 4 aliphatic carbocycles. The minimum Gasteiger partial charge on any atom is -0.383 e. The van der Waals surface area contributed by atoms with Crippen molar-refractivity contribution in [3.8, 4) is 0 Å². The van der Waals surface area contributed by atoms with E-state index in [-0.39, 0.29) is 29.5 Å². The monoisotopic (exact) mass is 481 g/mol. The molecule has 2 aromatic heterocycles. The summed E-state index contributed by atoms with van der Waals surface area (Å²) in [6, 6.07) is 5.29. The van der Waals surface area contributed by atoms with Crippen LogP contribution in [-0.4, -0.2) is 72.4 Å². The molecule has 0 spiro atoms. The number of amides is 3. The Bertz CT molecular complexity index is 1090. The number of hydrogen-bond donors (Lipinski definition) is 2. The standard InChI is InChI=1S/C26H35N5O4/c1-30(6-7-35-2)23(32)14-27-24(33)20-15-31-21(4-3-5-22(31)29-20)25(34)28-16-26-11-17-8-18(12-26)10-19(9-17)13-26/h3-5,15,17-19H,6-14,16H2,1-2H3,(H,27,33)(H,28,34). The van der Waals surface area contributed by atoms with Gasteiger partial charge in [0.15, 0.2) is 0 Å². The zero-order valence-electron chi connectivity index (χ0n) is 20.6. The molecule has 4 aliphatic rings. The maximum atomic E-state index is 13.2. The fourth-order valence-corrected chi connectivity index (χ4v) is 6.90. The molecule has 0 aromatic carbocycles. The summed E-state index contributed by atoms with van der Waals surface area (Å²) in [5.41, 5.74) is 1.38. The number of imidazole rings is 1. The van der Waals surface area contributed by atoms with Crippen molar-refractivity contribution in [3.63, 3.8) is 0 Å². The Labute approximate surface area is 205 Å². The Balaban J connectivity index is 1.23. The van der Waals surface area contributed by atoms with E-state index in [1.807, 2.05) is 0 Å². The molecular formula is C26H35N5O4. The number of nitrogens with one attached hydrogen (secondary N) is 2. The number of nitrogens with zero attached hydrogens (tertiary/aromatic N) is 3. The van der Waals surface area contributed by atoms with Gasteiger partial charge in [0.2, 0.25) is 5.91 Å². The minimum atomic E-state index is -0.456. The SMILES string of the molecule is COCCN(C)C(=O)CNC(=O)c1cn2c(C(=O)NCC34CC5CC(CC(C5)C3)C4)cccc2n1. The highest BCUT2D eigenvalue weighted by molar-refractivity contribution is 5.97. The number of pyridine rings is 1. The Kier molecular flexibility index (Phi) is 6.53. The van der Waals surface area contributed by atoms with Crippen molar-refractivity contribution in [1.29, 1.82) is 0 Å². The van der Waals surface area contributed by atoms with Crippen molar-refractivity contribution < 1.29 is 19.1 Å². The number of aromatic nitrogens is 2. The molecule has 35 heavy (non-hydrogen) atoms. The first-order valence-electron chi connectivity index (χ1n) is 12.6. The highest BCUT2D eigenvalue weighted by Crippen LogP contribution is 2.59. The summed E-state index contributed by atoms with van der Waals surface area (Å²) in [7, 11) is 3.23. The minimum absolute atomic E-state index is 0.134. The van der Waals surface area contributed by atoms with E-state index in [0.29, 0.717) is 31.0 Å². The van der Waals surface area contributed by atoms with Crippen LogP contribution in [-0.2, 0) is 9.53 Å². The average molecular weight is 482 g/mol. The van der Waals surface area contributed by atoms with Gasteiger partial charge in [-0.1, -0.05) is 6.07 Å². The summed E-state index contributed by atoms with van der Waals surface area (Å²) in [4.78, 5) is 43.9. The molecule has 2 aromatic rings. The molecule has 0 atom stereocenters. The maximum absolute atomic E-state index is 13.2.